The molecule has 0 amide bonds. The molecule has 2 rings (SSSR count). The third-order valence-electron chi connectivity index (χ3n) is 4.34. The molecule has 1 aromatic carbocycles. The summed E-state index contributed by atoms with van der Waals surface area (Å²) in [5.41, 5.74) is 7.23. The minimum Gasteiger partial charge on any atom is -0.325 e. The van der Waals surface area contributed by atoms with E-state index in [0.29, 0.717) is 5.92 Å². The Balaban J connectivity index is 2.10. The highest BCUT2D eigenvalue weighted by molar-refractivity contribution is 6.30. The van der Waals surface area contributed by atoms with Crippen molar-refractivity contribution in [2.45, 2.75) is 45.1 Å². The maximum atomic E-state index is 13.4. The predicted octanol–water partition coefficient (Wildman–Crippen LogP) is 4.18. The van der Waals surface area contributed by atoms with Crippen LogP contribution in [0.3, 0.4) is 0 Å². The molecule has 0 radical (unpaired) electrons. The average molecular weight is 270 g/mol. The number of hydrogen-bond acceptors (Lipinski definition) is 1. The van der Waals surface area contributed by atoms with Gasteiger partial charge >= 0.3 is 0 Å². The third kappa shape index (κ3) is 3.04. The second kappa shape index (κ2) is 5.18. The fourth-order valence-electron chi connectivity index (χ4n) is 2.96. The molecule has 1 aromatic rings. The summed E-state index contributed by atoms with van der Waals surface area (Å²) in [5, 5.41) is 0.176. The van der Waals surface area contributed by atoms with Gasteiger partial charge in [0.25, 0.3) is 0 Å². The van der Waals surface area contributed by atoms with E-state index in [4.69, 9.17) is 17.3 Å². The minimum absolute atomic E-state index is 0.176. The van der Waals surface area contributed by atoms with Gasteiger partial charge in [0.05, 0.1) is 5.02 Å². The zero-order valence-corrected chi connectivity index (χ0v) is 11.8. The van der Waals surface area contributed by atoms with Gasteiger partial charge in [-0.1, -0.05) is 31.5 Å². The SMILES string of the molecule is CC1CCC(N)(Cc2ccc(Cl)c(F)c2)CC1C. The molecular weight excluding hydrogens is 249 g/mol. The van der Waals surface area contributed by atoms with Gasteiger partial charge in [-0.25, -0.2) is 4.39 Å². The van der Waals surface area contributed by atoms with E-state index >= 15 is 0 Å². The molecule has 18 heavy (non-hydrogen) atoms. The van der Waals surface area contributed by atoms with Crippen molar-refractivity contribution >= 4 is 11.6 Å². The van der Waals surface area contributed by atoms with Crippen LogP contribution in [0.1, 0.15) is 38.7 Å². The second-order valence-corrected chi connectivity index (χ2v) is 6.39. The van der Waals surface area contributed by atoms with Crippen molar-refractivity contribution in [1.29, 1.82) is 0 Å². The number of nitrogens with two attached hydrogens (primary N) is 1. The molecule has 1 saturated carbocycles. The van der Waals surface area contributed by atoms with E-state index in [2.05, 4.69) is 13.8 Å². The summed E-state index contributed by atoms with van der Waals surface area (Å²) in [6.45, 7) is 4.54. The summed E-state index contributed by atoms with van der Waals surface area (Å²) in [4.78, 5) is 0. The minimum atomic E-state index is -0.352. The van der Waals surface area contributed by atoms with Gasteiger partial charge in [-0.15, -0.1) is 0 Å². The van der Waals surface area contributed by atoms with Crippen molar-refractivity contribution in [2.75, 3.05) is 0 Å². The second-order valence-electron chi connectivity index (χ2n) is 5.98. The Labute approximate surface area is 114 Å². The van der Waals surface area contributed by atoms with Crippen LogP contribution in [0.4, 0.5) is 4.39 Å². The number of hydrogen-bond donors (Lipinski definition) is 1. The summed E-state index contributed by atoms with van der Waals surface area (Å²) in [6, 6.07) is 5.01. The van der Waals surface area contributed by atoms with Gasteiger partial charge < -0.3 is 5.73 Å². The first-order valence-corrected chi connectivity index (χ1v) is 7.00. The molecule has 0 aliphatic heterocycles. The molecule has 1 aliphatic rings. The lowest BCUT2D eigenvalue weighted by Gasteiger charge is -2.40. The van der Waals surface area contributed by atoms with Crippen molar-refractivity contribution in [2.24, 2.45) is 17.6 Å². The van der Waals surface area contributed by atoms with Crippen molar-refractivity contribution in [3.05, 3.63) is 34.6 Å². The summed E-state index contributed by atoms with van der Waals surface area (Å²) < 4.78 is 13.4. The van der Waals surface area contributed by atoms with E-state index in [-0.39, 0.29) is 16.4 Å². The highest BCUT2D eigenvalue weighted by Crippen LogP contribution is 2.36. The molecule has 0 saturated heterocycles. The maximum absolute atomic E-state index is 13.4. The van der Waals surface area contributed by atoms with E-state index in [1.807, 2.05) is 6.07 Å². The first-order valence-electron chi connectivity index (χ1n) is 6.62. The normalized spacial score (nSPS) is 32.5. The fraction of sp³-hybridized carbons (Fsp3) is 0.600. The van der Waals surface area contributed by atoms with Crippen LogP contribution in [-0.2, 0) is 6.42 Å². The van der Waals surface area contributed by atoms with E-state index < -0.39 is 0 Å². The van der Waals surface area contributed by atoms with Gasteiger partial charge in [-0.05, 0) is 55.2 Å². The first-order chi connectivity index (χ1) is 8.39. The quantitative estimate of drug-likeness (QED) is 0.857. The van der Waals surface area contributed by atoms with Crippen molar-refractivity contribution in [3.63, 3.8) is 0 Å². The lowest BCUT2D eigenvalue weighted by Crippen LogP contribution is -2.47. The molecule has 100 valence electrons. The topological polar surface area (TPSA) is 26.0 Å². The Kier molecular flexibility index (Phi) is 3.98. The van der Waals surface area contributed by atoms with Crippen molar-refractivity contribution < 1.29 is 4.39 Å². The van der Waals surface area contributed by atoms with E-state index in [0.717, 1.165) is 37.2 Å². The van der Waals surface area contributed by atoms with E-state index in [1.54, 1.807) is 6.07 Å². The van der Waals surface area contributed by atoms with Gasteiger partial charge in [0.1, 0.15) is 5.82 Å². The first kappa shape index (κ1) is 13.8. The summed E-state index contributed by atoms with van der Waals surface area (Å²) >= 11 is 5.69. The average Bonchev–Trinajstić information content (AvgIpc) is 2.29. The monoisotopic (exact) mass is 269 g/mol. The number of halogens is 2. The Hall–Kier alpha value is -0.600. The smallest absolute Gasteiger partial charge is 0.142 e. The van der Waals surface area contributed by atoms with Crippen LogP contribution in [0.2, 0.25) is 5.02 Å². The molecule has 3 atom stereocenters. The molecule has 2 N–H and O–H groups in total. The van der Waals surface area contributed by atoms with Crippen LogP contribution in [0.25, 0.3) is 0 Å². The van der Waals surface area contributed by atoms with Crippen LogP contribution in [-0.4, -0.2) is 5.54 Å². The standard InChI is InChI=1S/C15H21ClFN/c1-10-5-6-15(18,8-11(10)2)9-12-3-4-13(16)14(17)7-12/h3-4,7,10-11H,5-6,8-9,18H2,1-2H3. The largest absolute Gasteiger partial charge is 0.325 e. The summed E-state index contributed by atoms with van der Waals surface area (Å²) in [6.07, 6.45) is 3.92. The van der Waals surface area contributed by atoms with Crippen LogP contribution in [0, 0.1) is 17.7 Å². The molecule has 0 bridgehead atoms. The zero-order chi connectivity index (χ0) is 13.3. The Morgan fingerprint density at radius 2 is 2.11 bits per heavy atom. The Bertz CT molecular complexity index is 435. The molecule has 3 unspecified atom stereocenters. The van der Waals surface area contributed by atoms with Crippen LogP contribution >= 0.6 is 11.6 Å². The molecule has 0 heterocycles. The van der Waals surface area contributed by atoms with Gasteiger partial charge in [-0.3, -0.25) is 0 Å². The van der Waals surface area contributed by atoms with Crippen molar-refractivity contribution in [1.82, 2.24) is 0 Å². The fourth-order valence-corrected chi connectivity index (χ4v) is 3.08. The molecule has 0 aromatic heterocycles. The zero-order valence-electron chi connectivity index (χ0n) is 11.0. The highest BCUT2D eigenvalue weighted by atomic mass is 35.5. The Morgan fingerprint density at radius 1 is 1.39 bits per heavy atom. The highest BCUT2D eigenvalue weighted by Gasteiger charge is 2.34. The lowest BCUT2D eigenvalue weighted by molar-refractivity contribution is 0.175. The molecule has 0 spiro atoms. The van der Waals surface area contributed by atoms with Crippen LogP contribution < -0.4 is 5.73 Å². The number of benzene rings is 1. The summed E-state index contributed by atoms with van der Waals surface area (Å²) in [7, 11) is 0. The molecule has 1 nitrogen and oxygen atoms in total. The molecule has 1 aliphatic carbocycles. The third-order valence-corrected chi connectivity index (χ3v) is 4.64. The maximum Gasteiger partial charge on any atom is 0.142 e. The van der Waals surface area contributed by atoms with Gasteiger partial charge in [0.15, 0.2) is 0 Å². The van der Waals surface area contributed by atoms with Gasteiger partial charge in [0, 0.05) is 5.54 Å². The van der Waals surface area contributed by atoms with Crippen molar-refractivity contribution in [3.8, 4) is 0 Å². The van der Waals surface area contributed by atoms with E-state index in [1.165, 1.54) is 6.07 Å². The van der Waals surface area contributed by atoms with Crippen LogP contribution in [0.5, 0.6) is 0 Å². The lowest BCUT2D eigenvalue weighted by atomic mass is 9.69. The van der Waals surface area contributed by atoms with Gasteiger partial charge in [-0.2, -0.15) is 0 Å². The Morgan fingerprint density at radius 3 is 2.72 bits per heavy atom. The number of rotatable bonds is 2. The molecule has 1 fully saturated rings. The van der Waals surface area contributed by atoms with E-state index in [9.17, 15) is 4.39 Å². The molecular formula is C15H21ClFN. The summed E-state index contributed by atoms with van der Waals surface area (Å²) in [5.74, 6) is 1.03. The predicted molar refractivity (Wildman–Crippen MR) is 74.2 cm³/mol. The van der Waals surface area contributed by atoms with Crippen LogP contribution in [0.15, 0.2) is 18.2 Å². The molecule has 3 heteroatoms. The van der Waals surface area contributed by atoms with Gasteiger partial charge in [0.2, 0.25) is 0 Å².